The number of methoxy groups -OCH3 is 1. The van der Waals surface area contributed by atoms with Gasteiger partial charge in [-0.25, -0.2) is 4.39 Å². The van der Waals surface area contributed by atoms with E-state index in [1.165, 1.54) is 38.2 Å². The molecule has 116 valence electrons. The highest BCUT2D eigenvalue weighted by molar-refractivity contribution is 5.60. The first-order valence-corrected chi connectivity index (χ1v) is 7.19. The maximum absolute atomic E-state index is 14.0. The summed E-state index contributed by atoms with van der Waals surface area (Å²) in [4.78, 5) is 12.4. The van der Waals surface area contributed by atoms with Gasteiger partial charge in [-0.15, -0.1) is 0 Å². The molecule has 7 heteroatoms. The summed E-state index contributed by atoms with van der Waals surface area (Å²) in [5, 5.41) is 3.21. The quantitative estimate of drug-likeness (QED) is 0.882. The maximum Gasteiger partial charge on any atom is 0.228 e. The molecule has 3 N–H and O–H groups in total. The molecule has 0 amide bonds. The Morgan fingerprint density at radius 2 is 2.09 bits per heavy atom. The molecule has 1 aliphatic rings. The van der Waals surface area contributed by atoms with Crippen molar-refractivity contribution < 1.29 is 9.13 Å². The Labute approximate surface area is 128 Å². The first-order chi connectivity index (χ1) is 10.6. The molecule has 22 heavy (non-hydrogen) atoms. The van der Waals surface area contributed by atoms with E-state index in [0.717, 1.165) is 0 Å². The van der Waals surface area contributed by atoms with Gasteiger partial charge < -0.3 is 15.8 Å². The standard InChI is InChI=1S/C15H18FN5O/c1-8(9-3-4-9)18-15-20-13(19-14(17)21-15)11-7-10(22-2)5-6-12(11)16/h5-9H,3-4H2,1-2H3,(H3,17,18,19,20,21)/t8-/m1/s1. The molecule has 1 saturated carbocycles. The lowest BCUT2D eigenvalue weighted by molar-refractivity contribution is 0.414. The third-order valence-corrected chi connectivity index (χ3v) is 3.75. The Bertz CT molecular complexity index is 690. The van der Waals surface area contributed by atoms with Crippen LogP contribution in [0.15, 0.2) is 18.2 Å². The molecule has 0 spiro atoms. The fraction of sp³-hybridized carbons (Fsp3) is 0.400. The number of nitrogens with one attached hydrogen (secondary N) is 1. The van der Waals surface area contributed by atoms with Gasteiger partial charge in [0, 0.05) is 6.04 Å². The molecule has 2 aromatic rings. The van der Waals surface area contributed by atoms with Crippen molar-refractivity contribution in [3.8, 4) is 17.1 Å². The summed E-state index contributed by atoms with van der Waals surface area (Å²) in [6, 6.07) is 4.65. The first-order valence-electron chi connectivity index (χ1n) is 7.19. The van der Waals surface area contributed by atoms with Crippen LogP contribution in [0.25, 0.3) is 11.4 Å². The van der Waals surface area contributed by atoms with Crippen LogP contribution in [0.4, 0.5) is 16.3 Å². The summed E-state index contributed by atoms with van der Waals surface area (Å²) in [5.41, 5.74) is 5.96. The Kier molecular flexibility index (Phi) is 3.79. The lowest BCUT2D eigenvalue weighted by atomic mass is 10.2. The third kappa shape index (κ3) is 3.08. The Balaban J connectivity index is 1.94. The average Bonchev–Trinajstić information content (AvgIpc) is 3.31. The van der Waals surface area contributed by atoms with E-state index in [2.05, 4.69) is 27.2 Å². The maximum atomic E-state index is 14.0. The molecule has 1 aromatic heterocycles. The van der Waals surface area contributed by atoms with Crippen molar-refractivity contribution >= 4 is 11.9 Å². The van der Waals surface area contributed by atoms with Gasteiger partial charge in [0.05, 0.1) is 12.7 Å². The van der Waals surface area contributed by atoms with Crippen LogP contribution in [0.5, 0.6) is 5.75 Å². The van der Waals surface area contributed by atoms with Crippen LogP contribution in [0.2, 0.25) is 0 Å². The van der Waals surface area contributed by atoms with E-state index in [-0.39, 0.29) is 23.4 Å². The summed E-state index contributed by atoms with van der Waals surface area (Å²) >= 11 is 0. The third-order valence-electron chi connectivity index (χ3n) is 3.75. The molecule has 0 aliphatic heterocycles. The van der Waals surface area contributed by atoms with Crippen molar-refractivity contribution in [2.24, 2.45) is 5.92 Å². The predicted octanol–water partition coefficient (Wildman–Crippen LogP) is 2.48. The highest BCUT2D eigenvalue weighted by atomic mass is 19.1. The first kappa shape index (κ1) is 14.5. The van der Waals surface area contributed by atoms with Crippen LogP contribution < -0.4 is 15.8 Å². The molecule has 1 aliphatic carbocycles. The summed E-state index contributed by atoms with van der Waals surface area (Å²) in [6.45, 7) is 2.07. The van der Waals surface area contributed by atoms with Crippen molar-refractivity contribution in [1.29, 1.82) is 0 Å². The van der Waals surface area contributed by atoms with E-state index in [0.29, 0.717) is 17.6 Å². The van der Waals surface area contributed by atoms with E-state index >= 15 is 0 Å². The van der Waals surface area contributed by atoms with Gasteiger partial charge in [0.1, 0.15) is 11.6 Å². The van der Waals surface area contributed by atoms with E-state index in [1.54, 1.807) is 0 Å². The number of halogens is 1. The summed E-state index contributed by atoms with van der Waals surface area (Å²) in [7, 11) is 1.52. The molecule has 0 unspecified atom stereocenters. The fourth-order valence-corrected chi connectivity index (χ4v) is 2.30. The SMILES string of the molecule is COc1ccc(F)c(-c2nc(N)nc(N[C@H](C)C3CC3)n2)c1. The number of nitrogen functional groups attached to an aromatic ring is 1. The average molecular weight is 303 g/mol. The summed E-state index contributed by atoms with van der Waals surface area (Å²) < 4.78 is 19.2. The Morgan fingerprint density at radius 1 is 1.32 bits per heavy atom. The monoisotopic (exact) mass is 303 g/mol. The zero-order valence-electron chi connectivity index (χ0n) is 12.5. The molecule has 1 aromatic carbocycles. The number of benzene rings is 1. The predicted molar refractivity (Wildman–Crippen MR) is 82.0 cm³/mol. The molecule has 1 heterocycles. The van der Waals surface area contributed by atoms with E-state index < -0.39 is 5.82 Å². The second-order valence-corrected chi connectivity index (χ2v) is 5.46. The molecular weight excluding hydrogens is 285 g/mol. The van der Waals surface area contributed by atoms with Crippen LogP contribution in [0.3, 0.4) is 0 Å². The number of rotatable bonds is 5. The highest BCUT2D eigenvalue weighted by Gasteiger charge is 2.28. The number of hydrogen-bond acceptors (Lipinski definition) is 6. The van der Waals surface area contributed by atoms with Crippen LogP contribution in [0.1, 0.15) is 19.8 Å². The van der Waals surface area contributed by atoms with E-state index in [4.69, 9.17) is 10.5 Å². The smallest absolute Gasteiger partial charge is 0.228 e. The van der Waals surface area contributed by atoms with Gasteiger partial charge in [0.15, 0.2) is 5.82 Å². The lowest BCUT2D eigenvalue weighted by Crippen LogP contribution is -2.20. The number of hydrogen-bond donors (Lipinski definition) is 2. The normalized spacial score (nSPS) is 15.4. The Morgan fingerprint density at radius 3 is 2.77 bits per heavy atom. The van der Waals surface area contributed by atoms with Gasteiger partial charge in [-0.1, -0.05) is 0 Å². The Hall–Kier alpha value is -2.44. The molecule has 3 rings (SSSR count). The minimum Gasteiger partial charge on any atom is -0.497 e. The molecule has 0 radical (unpaired) electrons. The molecule has 0 saturated heterocycles. The van der Waals surface area contributed by atoms with Gasteiger partial charge in [0.2, 0.25) is 11.9 Å². The van der Waals surface area contributed by atoms with Crippen molar-refractivity contribution in [1.82, 2.24) is 15.0 Å². The minimum absolute atomic E-state index is 0.0534. The lowest BCUT2D eigenvalue weighted by Gasteiger charge is -2.13. The molecule has 1 atom stereocenters. The van der Waals surface area contributed by atoms with Gasteiger partial charge >= 0.3 is 0 Å². The van der Waals surface area contributed by atoms with Crippen molar-refractivity contribution in [3.05, 3.63) is 24.0 Å². The number of nitrogens with zero attached hydrogens (tertiary/aromatic N) is 3. The van der Waals surface area contributed by atoms with Gasteiger partial charge in [0.25, 0.3) is 0 Å². The molecule has 0 bridgehead atoms. The zero-order valence-corrected chi connectivity index (χ0v) is 12.5. The molecule has 6 nitrogen and oxygen atoms in total. The largest absolute Gasteiger partial charge is 0.497 e. The second kappa shape index (κ2) is 5.75. The van der Waals surface area contributed by atoms with Crippen LogP contribution in [0, 0.1) is 11.7 Å². The van der Waals surface area contributed by atoms with E-state index in [9.17, 15) is 4.39 Å². The number of ether oxygens (including phenoxy) is 1. The topological polar surface area (TPSA) is 86.0 Å². The van der Waals surface area contributed by atoms with Crippen molar-refractivity contribution in [2.45, 2.75) is 25.8 Å². The second-order valence-electron chi connectivity index (χ2n) is 5.46. The van der Waals surface area contributed by atoms with Crippen molar-refractivity contribution in [3.63, 3.8) is 0 Å². The van der Waals surface area contributed by atoms with Gasteiger partial charge in [-0.3, -0.25) is 0 Å². The van der Waals surface area contributed by atoms with Gasteiger partial charge in [-0.05, 0) is 43.9 Å². The van der Waals surface area contributed by atoms with Crippen LogP contribution in [-0.4, -0.2) is 28.1 Å². The number of anilines is 2. The zero-order chi connectivity index (χ0) is 15.7. The molecule has 1 fully saturated rings. The molecular formula is C15H18FN5O. The minimum atomic E-state index is -0.437. The number of aromatic nitrogens is 3. The highest BCUT2D eigenvalue weighted by Crippen LogP contribution is 2.33. The van der Waals surface area contributed by atoms with Crippen LogP contribution in [-0.2, 0) is 0 Å². The van der Waals surface area contributed by atoms with Crippen molar-refractivity contribution in [2.75, 3.05) is 18.2 Å². The summed E-state index contributed by atoms with van der Waals surface area (Å²) in [6.07, 6.45) is 2.40. The van der Waals surface area contributed by atoms with Gasteiger partial charge in [-0.2, -0.15) is 15.0 Å². The summed E-state index contributed by atoms with van der Waals surface area (Å²) in [5.74, 6) is 1.33. The fourth-order valence-electron chi connectivity index (χ4n) is 2.30. The number of nitrogens with two attached hydrogens (primary N) is 1. The van der Waals surface area contributed by atoms with E-state index in [1.807, 2.05) is 0 Å². The van der Waals surface area contributed by atoms with Crippen LogP contribution >= 0.6 is 0 Å².